The first-order valence-electron chi connectivity index (χ1n) is 9.16. The quantitative estimate of drug-likeness (QED) is 0.916. The SMILES string of the molecule is Cc1cccc(NC(=O)CN2C3CC2CN(c2ncnc(C)c2C)C3)c1. The van der Waals surface area contributed by atoms with Gasteiger partial charge in [0, 0.05) is 42.1 Å². The lowest BCUT2D eigenvalue weighted by molar-refractivity contribution is -0.121. The summed E-state index contributed by atoms with van der Waals surface area (Å²) in [4.78, 5) is 25.8. The van der Waals surface area contributed by atoms with Crippen molar-refractivity contribution in [2.45, 2.75) is 39.3 Å². The summed E-state index contributed by atoms with van der Waals surface area (Å²) < 4.78 is 0. The normalized spacial score (nSPS) is 22.0. The van der Waals surface area contributed by atoms with Crippen molar-refractivity contribution in [1.29, 1.82) is 0 Å². The van der Waals surface area contributed by atoms with Gasteiger partial charge in [-0.15, -0.1) is 0 Å². The number of nitrogens with one attached hydrogen (secondary N) is 1. The van der Waals surface area contributed by atoms with Crippen molar-refractivity contribution in [3.63, 3.8) is 0 Å². The second kappa shape index (κ2) is 6.68. The van der Waals surface area contributed by atoms with Gasteiger partial charge in [0.05, 0.1) is 6.54 Å². The van der Waals surface area contributed by atoms with Gasteiger partial charge in [0.25, 0.3) is 0 Å². The van der Waals surface area contributed by atoms with Gasteiger partial charge in [0.15, 0.2) is 0 Å². The Morgan fingerprint density at radius 3 is 2.69 bits per heavy atom. The van der Waals surface area contributed by atoms with Crippen LogP contribution >= 0.6 is 0 Å². The molecule has 3 aliphatic heterocycles. The summed E-state index contributed by atoms with van der Waals surface area (Å²) in [6.45, 7) is 8.43. The molecule has 4 heterocycles. The molecule has 6 heteroatoms. The van der Waals surface area contributed by atoms with Crippen LogP contribution in [0.2, 0.25) is 0 Å². The predicted molar refractivity (Wildman–Crippen MR) is 102 cm³/mol. The first-order valence-corrected chi connectivity index (χ1v) is 9.16. The number of anilines is 2. The molecule has 136 valence electrons. The molecule has 3 fully saturated rings. The minimum atomic E-state index is 0.0628. The lowest BCUT2D eigenvalue weighted by atomic mass is 9.87. The molecule has 1 N–H and O–H groups in total. The van der Waals surface area contributed by atoms with Crippen LogP contribution in [0.4, 0.5) is 11.5 Å². The van der Waals surface area contributed by atoms with Crippen molar-refractivity contribution in [3.05, 3.63) is 47.4 Å². The van der Waals surface area contributed by atoms with E-state index in [1.165, 1.54) is 0 Å². The average Bonchev–Trinajstić information content (AvgIpc) is 2.62. The first-order chi connectivity index (χ1) is 12.5. The van der Waals surface area contributed by atoms with Gasteiger partial charge in [-0.25, -0.2) is 9.97 Å². The standard InChI is InChI=1S/C20H25N5O/c1-13-5-4-6-16(7-13)23-19(26)11-25-17-8-18(25)10-24(9-17)20-14(2)15(3)21-12-22-20/h4-7,12,17-18H,8-11H2,1-3H3,(H,23,26). The number of carbonyl (C=O) groups is 1. The van der Waals surface area contributed by atoms with E-state index in [4.69, 9.17) is 0 Å². The fourth-order valence-electron chi connectivity index (χ4n) is 4.05. The molecule has 1 amide bonds. The highest BCUT2D eigenvalue weighted by Crippen LogP contribution is 2.34. The van der Waals surface area contributed by atoms with E-state index in [0.717, 1.165) is 47.8 Å². The molecule has 0 saturated carbocycles. The molecule has 6 nitrogen and oxygen atoms in total. The van der Waals surface area contributed by atoms with Gasteiger partial charge in [0.2, 0.25) is 5.91 Å². The van der Waals surface area contributed by atoms with Crippen LogP contribution in [0, 0.1) is 20.8 Å². The van der Waals surface area contributed by atoms with Crippen LogP contribution in [0.25, 0.3) is 0 Å². The minimum Gasteiger partial charge on any atom is -0.353 e. The number of piperidine rings is 1. The lowest BCUT2D eigenvalue weighted by Crippen LogP contribution is -2.70. The second-order valence-corrected chi connectivity index (χ2v) is 7.45. The van der Waals surface area contributed by atoms with Crippen LogP contribution in [0.1, 0.15) is 23.2 Å². The minimum absolute atomic E-state index is 0.0628. The molecular formula is C20H25N5O. The number of piperazine rings is 1. The number of fused-ring (bicyclic) bond motifs is 2. The summed E-state index contributed by atoms with van der Waals surface area (Å²) in [5, 5.41) is 3.02. The summed E-state index contributed by atoms with van der Waals surface area (Å²) >= 11 is 0. The molecule has 3 aliphatic rings. The Hall–Kier alpha value is -2.47. The van der Waals surface area contributed by atoms with E-state index >= 15 is 0 Å². The van der Waals surface area contributed by atoms with Gasteiger partial charge >= 0.3 is 0 Å². The highest BCUT2D eigenvalue weighted by atomic mass is 16.2. The molecule has 5 rings (SSSR count). The summed E-state index contributed by atoms with van der Waals surface area (Å²) in [7, 11) is 0. The molecule has 2 aromatic rings. The van der Waals surface area contributed by atoms with E-state index < -0.39 is 0 Å². The van der Waals surface area contributed by atoms with Gasteiger partial charge in [0.1, 0.15) is 12.1 Å². The molecule has 2 bridgehead atoms. The zero-order chi connectivity index (χ0) is 18.3. The Morgan fingerprint density at radius 1 is 1.19 bits per heavy atom. The third-order valence-electron chi connectivity index (χ3n) is 5.58. The van der Waals surface area contributed by atoms with Crippen LogP contribution in [0.5, 0.6) is 0 Å². The van der Waals surface area contributed by atoms with Crippen LogP contribution in [-0.4, -0.2) is 52.5 Å². The van der Waals surface area contributed by atoms with Gasteiger partial charge in [-0.1, -0.05) is 12.1 Å². The summed E-state index contributed by atoms with van der Waals surface area (Å²) in [6.07, 6.45) is 2.81. The van der Waals surface area contributed by atoms with E-state index in [-0.39, 0.29) is 5.91 Å². The van der Waals surface area contributed by atoms with Crippen LogP contribution < -0.4 is 10.2 Å². The maximum absolute atomic E-state index is 12.4. The predicted octanol–water partition coefficient (Wildman–Crippen LogP) is 2.30. The molecule has 2 atom stereocenters. The average molecular weight is 351 g/mol. The summed E-state index contributed by atoms with van der Waals surface area (Å²) in [5.74, 6) is 1.10. The summed E-state index contributed by atoms with van der Waals surface area (Å²) in [5.41, 5.74) is 4.20. The maximum Gasteiger partial charge on any atom is 0.238 e. The van der Waals surface area contributed by atoms with Crippen molar-refractivity contribution >= 4 is 17.4 Å². The molecule has 0 spiro atoms. The molecular weight excluding hydrogens is 326 g/mol. The zero-order valence-electron chi connectivity index (χ0n) is 15.6. The number of hydrogen-bond donors (Lipinski definition) is 1. The van der Waals surface area contributed by atoms with Crippen molar-refractivity contribution in [2.75, 3.05) is 29.9 Å². The van der Waals surface area contributed by atoms with Gasteiger partial charge in [-0.05, 0) is 44.9 Å². The van der Waals surface area contributed by atoms with E-state index in [0.29, 0.717) is 18.6 Å². The van der Waals surface area contributed by atoms with Crippen LogP contribution in [-0.2, 0) is 4.79 Å². The smallest absolute Gasteiger partial charge is 0.238 e. The third-order valence-corrected chi connectivity index (χ3v) is 5.58. The fraction of sp³-hybridized carbons (Fsp3) is 0.450. The molecule has 0 aliphatic carbocycles. The largest absolute Gasteiger partial charge is 0.353 e. The third kappa shape index (κ3) is 3.17. The zero-order valence-corrected chi connectivity index (χ0v) is 15.6. The Balaban J connectivity index is 1.37. The molecule has 2 unspecified atom stereocenters. The number of hydrogen-bond acceptors (Lipinski definition) is 5. The van der Waals surface area contributed by atoms with Gasteiger partial charge in [-0.3, -0.25) is 9.69 Å². The number of aromatic nitrogens is 2. The highest BCUT2D eigenvalue weighted by molar-refractivity contribution is 5.92. The number of aryl methyl sites for hydroxylation is 2. The van der Waals surface area contributed by atoms with Crippen molar-refractivity contribution in [2.24, 2.45) is 0 Å². The fourth-order valence-corrected chi connectivity index (χ4v) is 4.05. The Labute approximate surface area is 154 Å². The Morgan fingerprint density at radius 2 is 1.96 bits per heavy atom. The van der Waals surface area contributed by atoms with E-state index in [1.807, 2.05) is 38.1 Å². The van der Waals surface area contributed by atoms with Crippen molar-refractivity contribution < 1.29 is 4.79 Å². The maximum atomic E-state index is 12.4. The number of rotatable bonds is 4. The summed E-state index contributed by atoms with van der Waals surface area (Å²) in [6, 6.07) is 8.77. The molecule has 1 aromatic carbocycles. The topological polar surface area (TPSA) is 61.4 Å². The number of nitrogens with zero attached hydrogens (tertiary/aromatic N) is 4. The van der Waals surface area contributed by atoms with E-state index in [9.17, 15) is 4.79 Å². The number of benzene rings is 1. The van der Waals surface area contributed by atoms with E-state index in [1.54, 1.807) is 6.33 Å². The molecule has 26 heavy (non-hydrogen) atoms. The van der Waals surface area contributed by atoms with Crippen molar-refractivity contribution in [1.82, 2.24) is 14.9 Å². The Kier molecular flexibility index (Phi) is 4.36. The second-order valence-electron chi connectivity index (χ2n) is 7.45. The number of carbonyl (C=O) groups excluding carboxylic acids is 1. The van der Waals surface area contributed by atoms with Crippen LogP contribution in [0.15, 0.2) is 30.6 Å². The Bertz CT molecular complexity index is 825. The van der Waals surface area contributed by atoms with Crippen molar-refractivity contribution in [3.8, 4) is 0 Å². The molecule has 0 radical (unpaired) electrons. The van der Waals surface area contributed by atoms with Crippen LogP contribution in [0.3, 0.4) is 0 Å². The number of amides is 1. The van der Waals surface area contributed by atoms with Gasteiger partial charge in [-0.2, -0.15) is 0 Å². The van der Waals surface area contributed by atoms with E-state index in [2.05, 4.69) is 32.0 Å². The first kappa shape index (κ1) is 17.0. The monoisotopic (exact) mass is 351 g/mol. The highest BCUT2D eigenvalue weighted by Gasteiger charge is 2.45. The van der Waals surface area contributed by atoms with Gasteiger partial charge < -0.3 is 10.2 Å². The molecule has 3 saturated heterocycles. The lowest BCUT2D eigenvalue weighted by Gasteiger charge is -2.56. The molecule has 1 aromatic heterocycles.